The molecular weight excluding hydrogens is 268 g/mol. The van der Waals surface area contributed by atoms with Gasteiger partial charge in [0.1, 0.15) is 11.4 Å². The van der Waals surface area contributed by atoms with Crippen LogP contribution in [0.25, 0.3) is 0 Å². The molecule has 1 heterocycles. The Morgan fingerprint density at radius 3 is 2.57 bits per heavy atom. The van der Waals surface area contributed by atoms with E-state index in [9.17, 15) is 5.11 Å². The molecule has 4 heteroatoms. The van der Waals surface area contributed by atoms with Crippen molar-refractivity contribution < 1.29 is 19.3 Å². The molecule has 1 saturated carbocycles. The number of hydrogen-bond acceptors (Lipinski definition) is 4. The summed E-state index contributed by atoms with van der Waals surface area (Å²) in [6, 6.07) is 4.14. The lowest BCUT2D eigenvalue weighted by Gasteiger charge is -2.42. The standard InChI is InChI=1S/C17H22O4/c1-11-8-12-10-15(2)16(18,13(12)9-14(11)19-3)4-5-17(15)20-6-7-21-17/h8-9,18H,4-7,10H2,1-3H3/t15-,16-/m1/s1. The van der Waals surface area contributed by atoms with Crippen molar-refractivity contribution in [3.63, 3.8) is 0 Å². The molecule has 0 bridgehead atoms. The number of rotatable bonds is 1. The fourth-order valence-corrected chi connectivity index (χ4v) is 4.72. The average Bonchev–Trinajstić information content (AvgIpc) is 3.07. The second kappa shape index (κ2) is 4.00. The fourth-order valence-electron chi connectivity index (χ4n) is 4.72. The average molecular weight is 290 g/mol. The topological polar surface area (TPSA) is 47.9 Å². The van der Waals surface area contributed by atoms with Crippen molar-refractivity contribution >= 4 is 0 Å². The van der Waals surface area contributed by atoms with E-state index in [0.29, 0.717) is 19.6 Å². The zero-order valence-corrected chi connectivity index (χ0v) is 12.9. The summed E-state index contributed by atoms with van der Waals surface area (Å²) in [5, 5.41) is 11.5. The predicted molar refractivity (Wildman–Crippen MR) is 77.3 cm³/mol. The summed E-state index contributed by atoms with van der Waals surface area (Å²) >= 11 is 0. The Balaban J connectivity index is 1.88. The highest BCUT2D eigenvalue weighted by atomic mass is 16.7. The molecule has 0 amide bonds. The molecule has 1 aromatic carbocycles. The zero-order chi connectivity index (χ0) is 14.9. The summed E-state index contributed by atoms with van der Waals surface area (Å²) < 4.78 is 17.4. The van der Waals surface area contributed by atoms with Crippen molar-refractivity contribution in [3.8, 4) is 5.75 Å². The summed E-state index contributed by atoms with van der Waals surface area (Å²) in [6.07, 6.45) is 2.20. The van der Waals surface area contributed by atoms with E-state index in [2.05, 4.69) is 13.0 Å². The quantitative estimate of drug-likeness (QED) is 0.862. The first-order chi connectivity index (χ1) is 9.96. The Bertz CT molecular complexity index is 605. The lowest BCUT2D eigenvalue weighted by Crippen LogP contribution is -2.51. The third-order valence-electron chi connectivity index (χ3n) is 5.93. The molecule has 21 heavy (non-hydrogen) atoms. The van der Waals surface area contributed by atoms with E-state index in [4.69, 9.17) is 14.2 Å². The van der Waals surface area contributed by atoms with Crippen LogP contribution in [-0.2, 0) is 21.5 Å². The van der Waals surface area contributed by atoms with Gasteiger partial charge < -0.3 is 19.3 Å². The van der Waals surface area contributed by atoms with Crippen molar-refractivity contribution in [1.29, 1.82) is 0 Å². The maximum Gasteiger partial charge on any atom is 0.177 e. The molecule has 1 aromatic rings. The first kappa shape index (κ1) is 13.6. The summed E-state index contributed by atoms with van der Waals surface area (Å²) in [7, 11) is 1.67. The number of aliphatic hydroxyl groups is 1. The molecule has 4 nitrogen and oxygen atoms in total. The summed E-state index contributed by atoms with van der Waals surface area (Å²) in [5.41, 5.74) is 1.95. The van der Waals surface area contributed by atoms with E-state index in [-0.39, 0.29) is 0 Å². The molecule has 2 aliphatic carbocycles. The number of aryl methyl sites for hydroxylation is 1. The van der Waals surface area contributed by atoms with Crippen LogP contribution in [0, 0.1) is 12.3 Å². The molecule has 1 aliphatic heterocycles. The SMILES string of the molecule is COc1cc2c(cc1C)C[C@@]1(C)C3(CC[C@@]21O)OCCO3. The second-order valence-corrected chi connectivity index (χ2v) is 6.80. The highest BCUT2D eigenvalue weighted by Gasteiger charge is 2.71. The Kier molecular flexibility index (Phi) is 2.58. The van der Waals surface area contributed by atoms with Gasteiger partial charge >= 0.3 is 0 Å². The van der Waals surface area contributed by atoms with Gasteiger partial charge in [-0.1, -0.05) is 13.0 Å². The Labute approximate surface area is 125 Å². The van der Waals surface area contributed by atoms with Gasteiger partial charge in [0, 0.05) is 6.42 Å². The molecule has 1 spiro atoms. The predicted octanol–water partition coefficient (Wildman–Crippen LogP) is 2.29. The van der Waals surface area contributed by atoms with E-state index >= 15 is 0 Å². The third kappa shape index (κ3) is 1.41. The summed E-state index contributed by atoms with van der Waals surface area (Å²) in [4.78, 5) is 0. The van der Waals surface area contributed by atoms with Crippen LogP contribution in [0.4, 0.5) is 0 Å². The van der Waals surface area contributed by atoms with Crippen LogP contribution in [0.5, 0.6) is 5.75 Å². The number of methoxy groups -OCH3 is 1. The van der Waals surface area contributed by atoms with E-state index in [1.165, 1.54) is 5.56 Å². The minimum atomic E-state index is -0.895. The minimum Gasteiger partial charge on any atom is -0.496 e. The minimum absolute atomic E-state index is 0.433. The van der Waals surface area contributed by atoms with Crippen LogP contribution in [0.15, 0.2) is 12.1 Å². The van der Waals surface area contributed by atoms with Crippen LogP contribution in [-0.4, -0.2) is 31.2 Å². The fraction of sp³-hybridized carbons (Fsp3) is 0.647. The maximum atomic E-state index is 11.5. The van der Waals surface area contributed by atoms with Gasteiger partial charge in [0.2, 0.25) is 0 Å². The van der Waals surface area contributed by atoms with Crippen molar-refractivity contribution in [1.82, 2.24) is 0 Å². The van der Waals surface area contributed by atoms with Crippen molar-refractivity contribution in [2.75, 3.05) is 20.3 Å². The molecule has 3 aliphatic rings. The molecule has 0 unspecified atom stereocenters. The van der Waals surface area contributed by atoms with E-state index in [1.807, 2.05) is 13.0 Å². The van der Waals surface area contributed by atoms with E-state index < -0.39 is 16.8 Å². The highest BCUT2D eigenvalue weighted by Crippen LogP contribution is 2.66. The van der Waals surface area contributed by atoms with Gasteiger partial charge in [0.05, 0.1) is 25.7 Å². The molecule has 2 fully saturated rings. The Hall–Kier alpha value is -1.10. The lowest BCUT2D eigenvalue weighted by atomic mass is 9.73. The van der Waals surface area contributed by atoms with Crippen LogP contribution >= 0.6 is 0 Å². The van der Waals surface area contributed by atoms with Crippen molar-refractivity contribution in [2.45, 2.75) is 44.5 Å². The van der Waals surface area contributed by atoms with Gasteiger partial charge in [-0.25, -0.2) is 0 Å². The molecule has 1 N–H and O–H groups in total. The molecule has 2 atom stereocenters. The molecule has 114 valence electrons. The smallest absolute Gasteiger partial charge is 0.177 e. The van der Waals surface area contributed by atoms with Crippen molar-refractivity contribution in [3.05, 3.63) is 28.8 Å². The number of hydrogen-bond donors (Lipinski definition) is 1. The lowest BCUT2D eigenvalue weighted by molar-refractivity contribution is -0.246. The third-order valence-corrected chi connectivity index (χ3v) is 5.93. The zero-order valence-electron chi connectivity index (χ0n) is 12.9. The largest absolute Gasteiger partial charge is 0.496 e. The first-order valence-corrected chi connectivity index (χ1v) is 7.64. The molecule has 0 aromatic heterocycles. The van der Waals surface area contributed by atoms with E-state index in [0.717, 1.165) is 29.7 Å². The molecule has 0 radical (unpaired) electrons. The normalized spacial score (nSPS) is 36.0. The van der Waals surface area contributed by atoms with Crippen molar-refractivity contribution in [2.24, 2.45) is 5.41 Å². The molecule has 4 rings (SSSR count). The summed E-state index contributed by atoms with van der Waals surface area (Å²) in [6.45, 7) is 5.37. The second-order valence-electron chi connectivity index (χ2n) is 6.80. The van der Waals surface area contributed by atoms with Crippen LogP contribution in [0.2, 0.25) is 0 Å². The number of benzene rings is 1. The Morgan fingerprint density at radius 2 is 1.90 bits per heavy atom. The molecular formula is C17H22O4. The van der Waals surface area contributed by atoms with Crippen LogP contribution in [0.3, 0.4) is 0 Å². The highest BCUT2D eigenvalue weighted by molar-refractivity contribution is 5.51. The Morgan fingerprint density at radius 1 is 1.19 bits per heavy atom. The summed E-state index contributed by atoms with van der Waals surface area (Å²) in [5.74, 6) is 0.197. The van der Waals surface area contributed by atoms with E-state index in [1.54, 1.807) is 7.11 Å². The van der Waals surface area contributed by atoms with Gasteiger partial charge in [0.15, 0.2) is 5.79 Å². The van der Waals surface area contributed by atoms with Gasteiger partial charge in [0.25, 0.3) is 0 Å². The van der Waals surface area contributed by atoms with Gasteiger partial charge in [-0.3, -0.25) is 0 Å². The number of fused-ring (bicyclic) bond motifs is 4. The van der Waals surface area contributed by atoms with Crippen LogP contribution in [0.1, 0.15) is 36.5 Å². The monoisotopic (exact) mass is 290 g/mol. The maximum absolute atomic E-state index is 11.5. The van der Waals surface area contributed by atoms with Crippen LogP contribution < -0.4 is 4.74 Å². The van der Waals surface area contributed by atoms with Gasteiger partial charge in [-0.2, -0.15) is 0 Å². The first-order valence-electron chi connectivity index (χ1n) is 7.64. The molecule has 1 saturated heterocycles. The van der Waals surface area contributed by atoms with Gasteiger partial charge in [-0.15, -0.1) is 0 Å². The van der Waals surface area contributed by atoms with Gasteiger partial charge in [-0.05, 0) is 42.5 Å². The number of ether oxygens (including phenoxy) is 3.